The minimum atomic E-state index is -0.490. The number of methoxy groups -OCH3 is 1. The van der Waals surface area contributed by atoms with Crippen molar-refractivity contribution in [3.63, 3.8) is 0 Å². The van der Waals surface area contributed by atoms with Crippen LogP contribution in [0.25, 0.3) is 27.2 Å². The molecule has 1 N–H and O–H groups in total. The fourth-order valence-electron chi connectivity index (χ4n) is 3.90. The Hall–Kier alpha value is -4.61. The van der Waals surface area contributed by atoms with Crippen LogP contribution in [0.15, 0.2) is 84.6 Å². The van der Waals surface area contributed by atoms with Crippen molar-refractivity contribution in [1.29, 1.82) is 5.26 Å². The summed E-state index contributed by atoms with van der Waals surface area (Å²) in [6, 6.07) is 25.0. The number of nitrogens with one attached hydrogen (secondary N) is 1. The topological polar surface area (TPSA) is 89.2 Å². The van der Waals surface area contributed by atoms with Crippen molar-refractivity contribution >= 4 is 49.6 Å². The van der Waals surface area contributed by atoms with E-state index in [1.807, 2.05) is 85.1 Å². The number of para-hydroxylation sites is 2. The molecule has 5 aromatic rings. The summed E-state index contributed by atoms with van der Waals surface area (Å²) in [5, 5.41) is 13.9. The maximum atomic E-state index is 12.9. The fourth-order valence-corrected chi connectivity index (χ4v) is 4.76. The Morgan fingerprint density at radius 2 is 1.83 bits per heavy atom. The van der Waals surface area contributed by atoms with Crippen LogP contribution in [0, 0.1) is 11.3 Å². The highest BCUT2D eigenvalue weighted by Crippen LogP contribution is 2.27. The highest BCUT2D eigenvalue weighted by Gasteiger charge is 2.15. The number of carbonyl (C=O) groups excluding carboxylic acids is 1. The van der Waals surface area contributed by atoms with Crippen LogP contribution in [0.1, 0.15) is 5.56 Å². The standard InChI is InChI=1S/C28H22N4O3S/c1-34-21-10-12-22(13-11-21)35-15-14-32-18-20(23-6-2-4-8-25(23)32)16-19(17-29)27(33)31-28-30-24-7-3-5-9-26(24)36-28/h2-13,16,18H,14-15H2,1H3,(H,30,31,33)/b19-16+. The van der Waals surface area contributed by atoms with Crippen LogP contribution in [-0.4, -0.2) is 29.2 Å². The third-order valence-corrected chi connectivity index (χ3v) is 6.61. The second-order valence-corrected chi connectivity index (χ2v) is 8.96. The Labute approximate surface area is 211 Å². The van der Waals surface area contributed by atoms with E-state index in [2.05, 4.69) is 14.9 Å². The number of aromatic nitrogens is 2. The van der Waals surface area contributed by atoms with Gasteiger partial charge in [0.1, 0.15) is 29.7 Å². The molecule has 36 heavy (non-hydrogen) atoms. The fraction of sp³-hybridized carbons (Fsp3) is 0.107. The number of hydrogen-bond donors (Lipinski definition) is 1. The third kappa shape index (κ3) is 4.92. The van der Waals surface area contributed by atoms with Gasteiger partial charge in [0.2, 0.25) is 0 Å². The number of rotatable bonds is 8. The van der Waals surface area contributed by atoms with Gasteiger partial charge in [0.25, 0.3) is 5.91 Å². The van der Waals surface area contributed by atoms with E-state index in [4.69, 9.17) is 9.47 Å². The van der Waals surface area contributed by atoms with Crippen molar-refractivity contribution in [2.24, 2.45) is 0 Å². The van der Waals surface area contributed by atoms with Gasteiger partial charge < -0.3 is 14.0 Å². The molecule has 0 aliphatic carbocycles. The van der Waals surface area contributed by atoms with Gasteiger partial charge in [0, 0.05) is 22.7 Å². The summed E-state index contributed by atoms with van der Waals surface area (Å²) >= 11 is 1.37. The first kappa shape index (κ1) is 23.1. The molecule has 0 radical (unpaired) electrons. The molecule has 7 nitrogen and oxygen atoms in total. The molecular formula is C28H22N4O3S. The second-order valence-electron chi connectivity index (χ2n) is 7.93. The molecule has 0 aliphatic rings. The normalized spacial score (nSPS) is 11.4. The van der Waals surface area contributed by atoms with Crippen LogP contribution >= 0.6 is 11.3 Å². The van der Waals surface area contributed by atoms with Gasteiger partial charge in [-0.05, 0) is 48.5 Å². The summed E-state index contributed by atoms with van der Waals surface area (Å²) in [6.07, 6.45) is 3.55. The van der Waals surface area contributed by atoms with Crippen molar-refractivity contribution in [3.8, 4) is 17.6 Å². The summed E-state index contributed by atoms with van der Waals surface area (Å²) in [6.45, 7) is 1.05. The molecule has 1 amide bonds. The highest BCUT2D eigenvalue weighted by atomic mass is 32.1. The molecule has 0 fully saturated rings. The van der Waals surface area contributed by atoms with Crippen LogP contribution in [0.3, 0.4) is 0 Å². The van der Waals surface area contributed by atoms with E-state index >= 15 is 0 Å². The molecule has 0 unspecified atom stereocenters. The molecule has 0 saturated carbocycles. The number of anilines is 1. The maximum absolute atomic E-state index is 12.9. The molecule has 5 rings (SSSR count). The first-order valence-electron chi connectivity index (χ1n) is 11.3. The lowest BCUT2D eigenvalue weighted by atomic mass is 10.1. The zero-order chi connectivity index (χ0) is 24.9. The lowest BCUT2D eigenvalue weighted by Gasteiger charge is -2.09. The summed E-state index contributed by atoms with van der Waals surface area (Å²) in [7, 11) is 1.63. The number of nitrogens with zero attached hydrogens (tertiary/aromatic N) is 3. The van der Waals surface area contributed by atoms with Crippen molar-refractivity contribution in [3.05, 3.63) is 90.1 Å². The maximum Gasteiger partial charge on any atom is 0.268 e. The minimum absolute atomic E-state index is 0.00615. The molecule has 0 aliphatic heterocycles. The zero-order valence-electron chi connectivity index (χ0n) is 19.5. The Balaban J connectivity index is 1.34. The van der Waals surface area contributed by atoms with Gasteiger partial charge in [-0.25, -0.2) is 4.98 Å². The van der Waals surface area contributed by atoms with E-state index in [1.165, 1.54) is 11.3 Å². The van der Waals surface area contributed by atoms with Crippen LogP contribution in [0.4, 0.5) is 5.13 Å². The number of ether oxygens (including phenoxy) is 2. The van der Waals surface area contributed by atoms with E-state index in [1.54, 1.807) is 13.2 Å². The predicted octanol–water partition coefficient (Wildman–Crippen LogP) is 5.88. The third-order valence-electron chi connectivity index (χ3n) is 5.66. The number of thiazole rings is 1. The molecule has 178 valence electrons. The molecule has 0 bridgehead atoms. The minimum Gasteiger partial charge on any atom is -0.497 e. The Morgan fingerprint density at radius 1 is 1.08 bits per heavy atom. The van der Waals surface area contributed by atoms with Gasteiger partial charge in [-0.15, -0.1) is 0 Å². The first-order chi connectivity index (χ1) is 17.6. The lowest BCUT2D eigenvalue weighted by molar-refractivity contribution is -0.112. The number of hydrogen-bond acceptors (Lipinski definition) is 6. The van der Waals surface area contributed by atoms with E-state index in [-0.39, 0.29) is 5.57 Å². The zero-order valence-corrected chi connectivity index (χ0v) is 20.3. The molecule has 0 spiro atoms. The smallest absolute Gasteiger partial charge is 0.268 e. The summed E-state index contributed by atoms with van der Waals surface area (Å²) < 4.78 is 14.1. The van der Waals surface area contributed by atoms with Crippen LogP contribution in [0.2, 0.25) is 0 Å². The molecule has 8 heteroatoms. The van der Waals surface area contributed by atoms with Gasteiger partial charge in [0.05, 0.1) is 23.9 Å². The number of amides is 1. The molecule has 2 aromatic heterocycles. The summed E-state index contributed by atoms with van der Waals surface area (Å²) in [4.78, 5) is 17.3. The molecule has 3 aromatic carbocycles. The largest absolute Gasteiger partial charge is 0.497 e. The number of fused-ring (bicyclic) bond motifs is 2. The van der Waals surface area contributed by atoms with Crippen LogP contribution in [-0.2, 0) is 11.3 Å². The molecule has 0 atom stereocenters. The van der Waals surface area contributed by atoms with Gasteiger partial charge in [0.15, 0.2) is 5.13 Å². The van der Waals surface area contributed by atoms with Crippen molar-refractivity contribution in [2.45, 2.75) is 6.54 Å². The summed E-state index contributed by atoms with van der Waals surface area (Å²) in [5.41, 5.74) is 2.59. The van der Waals surface area contributed by atoms with Gasteiger partial charge >= 0.3 is 0 Å². The van der Waals surface area contributed by atoms with E-state index < -0.39 is 5.91 Å². The number of nitriles is 1. The second kappa shape index (κ2) is 10.3. The first-order valence-corrected chi connectivity index (χ1v) is 12.1. The van der Waals surface area contributed by atoms with Crippen molar-refractivity contribution < 1.29 is 14.3 Å². The molecular weight excluding hydrogens is 472 g/mol. The van der Waals surface area contributed by atoms with Gasteiger partial charge in [-0.1, -0.05) is 41.7 Å². The average molecular weight is 495 g/mol. The monoisotopic (exact) mass is 494 g/mol. The average Bonchev–Trinajstić information content (AvgIpc) is 3.48. The highest BCUT2D eigenvalue weighted by molar-refractivity contribution is 7.22. The van der Waals surface area contributed by atoms with Gasteiger partial charge in [-0.2, -0.15) is 5.26 Å². The summed E-state index contributed by atoms with van der Waals surface area (Å²) in [5.74, 6) is 1.04. The number of benzene rings is 3. The Bertz CT molecular complexity index is 1580. The van der Waals surface area contributed by atoms with E-state index in [0.29, 0.717) is 18.3 Å². The van der Waals surface area contributed by atoms with E-state index in [9.17, 15) is 10.1 Å². The quantitative estimate of drug-likeness (QED) is 0.215. The molecule has 0 saturated heterocycles. The Kier molecular flexibility index (Phi) is 6.65. The Morgan fingerprint density at radius 3 is 2.61 bits per heavy atom. The van der Waals surface area contributed by atoms with Crippen LogP contribution < -0.4 is 14.8 Å². The van der Waals surface area contributed by atoms with Crippen molar-refractivity contribution in [1.82, 2.24) is 9.55 Å². The number of carbonyl (C=O) groups is 1. The van der Waals surface area contributed by atoms with Crippen molar-refractivity contribution in [2.75, 3.05) is 19.0 Å². The molecule has 2 heterocycles. The van der Waals surface area contributed by atoms with Gasteiger partial charge in [-0.3, -0.25) is 10.1 Å². The van der Waals surface area contributed by atoms with Crippen LogP contribution in [0.5, 0.6) is 11.5 Å². The van der Waals surface area contributed by atoms with E-state index in [0.717, 1.165) is 38.2 Å². The predicted molar refractivity (Wildman–Crippen MR) is 142 cm³/mol. The SMILES string of the molecule is COc1ccc(OCCn2cc(/C=C(\C#N)C(=O)Nc3nc4ccccc4s3)c3ccccc32)cc1. The lowest BCUT2D eigenvalue weighted by Crippen LogP contribution is -2.13.